The zero-order valence-corrected chi connectivity index (χ0v) is 13.5. The van der Waals surface area contributed by atoms with E-state index in [1.807, 2.05) is 26.1 Å². The summed E-state index contributed by atoms with van der Waals surface area (Å²) >= 11 is 0. The second-order valence-corrected chi connectivity index (χ2v) is 5.88. The third kappa shape index (κ3) is 4.73. The highest BCUT2D eigenvalue weighted by Crippen LogP contribution is 2.16. The Kier molecular flexibility index (Phi) is 5.59. The molecule has 3 heteroatoms. The molecule has 0 saturated heterocycles. The highest BCUT2D eigenvalue weighted by Gasteiger charge is 2.07. The van der Waals surface area contributed by atoms with E-state index in [1.165, 1.54) is 11.1 Å². The van der Waals surface area contributed by atoms with Crippen LogP contribution in [0.4, 0.5) is 0 Å². The van der Waals surface area contributed by atoms with Crippen LogP contribution in [0.15, 0.2) is 40.8 Å². The molecule has 21 heavy (non-hydrogen) atoms. The van der Waals surface area contributed by atoms with Gasteiger partial charge >= 0.3 is 0 Å². The Morgan fingerprint density at radius 1 is 1.10 bits per heavy atom. The molecule has 1 N–H and O–H groups in total. The minimum Gasteiger partial charge on any atom is -0.465 e. The fourth-order valence-corrected chi connectivity index (χ4v) is 2.58. The van der Waals surface area contributed by atoms with Crippen molar-refractivity contribution in [3.8, 4) is 0 Å². The van der Waals surface area contributed by atoms with E-state index in [4.69, 9.17) is 4.42 Å². The standard InChI is InChI=1S/C18H26N2O/c1-14(11-19-3)17-8-6-16(7-9-17)12-20(4)13-18-10-5-15(2)21-18/h5-10,14,19H,11-13H2,1-4H3. The molecule has 0 radical (unpaired) electrons. The second-order valence-electron chi connectivity index (χ2n) is 5.88. The quantitative estimate of drug-likeness (QED) is 0.844. The molecule has 0 aliphatic carbocycles. The Morgan fingerprint density at radius 3 is 2.38 bits per heavy atom. The summed E-state index contributed by atoms with van der Waals surface area (Å²) < 4.78 is 5.62. The number of aryl methyl sites for hydroxylation is 1. The molecule has 2 aromatic rings. The first-order chi connectivity index (χ1) is 10.1. The summed E-state index contributed by atoms with van der Waals surface area (Å²) in [6.07, 6.45) is 0. The summed E-state index contributed by atoms with van der Waals surface area (Å²) in [5, 5.41) is 3.22. The van der Waals surface area contributed by atoms with Crippen molar-refractivity contribution in [1.29, 1.82) is 0 Å². The molecule has 1 aromatic heterocycles. The number of hydrogen-bond donors (Lipinski definition) is 1. The zero-order valence-electron chi connectivity index (χ0n) is 13.5. The normalized spacial score (nSPS) is 12.8. The largest absolute Gasteiger partial charge is 0.465 e. The monoisotopic (exact) mass is 286 g/mol. The van der Waals surface area contributed by atoms with E-state index in [0.29, 0.717) is 5.92 Å². The maximum Gasteiger partial charge on any atom is 0.118 e. The molecule has 2 rings (SSSR count). The highest BCUT2D eigenvalue weighted by atomic mass is 16.3. The Hall–Kier alpha value is -1.58. The van der Waals surface area contributed by atoms with Gasteiger partial charge in [0, 0.05) is 13.1 Å². The minimum atomic E-state index is 0.549. The van der Waals surface area contributed by atoms with Gasteiger partial charge < -0.3 is 9.73 Å². The van der Waals surface area contributed by atoms with Crippen LogP contribution in [-0.4, -0.2) is 25.5 Å². The first kappa shape index (κ1) is 15.8. The van der Waals surface area contributed by atoms with Crippen molar-refractivity contribution in [2.75, 3.05) is 20.6 Å². The molecular weight excluding hydrogens is 260 g/mol. The molecule has 0 spiro atoms. The van der Waals surface area contributed by atoms with Crippen LogP contribution in [0.2, 0.25) is 0 Å². The maximum absolute atomic E-state index is 5.62. The number of hydrogen-bond acceptors (Lipinski definition) is 3. The maximum atomic E-state index is 5.62. The lowest BCUT2D eigenvalue weighted by Gasteiger charge is -2.16. The van der Waals surface area contributed by atoms with Crippen LogP contribution in [0.1, 0.15) is 35.5 Å². The van der Waals surface area contributed by atoms with E-state index < -0.39 is 0 Å². The SMILES string of the molecule is CNCC(C)c1ccc(CN(C)Cc2ccc(C)o2)cc1. The zero-order chi connectivity index (χ0) is 15.2. The summed E-state index contributed by atoms with van der Waals surface area (Å²) in [6.45, 7) is 7.01. The van der Waals surface area contributed by atoms with Gasteiger partial charge in [-0.3, -0.25) is 4.90 Å². The van der Waals surface area contributed by atoms with Crippen molar-refractivity contribution in [3.05, 3.63) is 59.0 Å². The predicted octanol–water partition coefficient (Wildman–Crippen LogP) is 3.54. The minimum absolute atomic E-state index is 0.549. The van der Waals surface area contributed by atoms with Crippen molar-refractivity contribution >= 4 is 0 Å². The van der Waals surface area contributed by atoms with Gasteiger partial charge in [-0.1, -0.05) is 31.2 Å². The Morgan fingerprint density at radius 2 is 1.81 bits per heavy atom. The van der Waals surface area contributed by atoms with Crippen molar-refractivity contribution < 1.29 is 4.42 Å². The third-order valence-electron chi connectivity index (χ3n) is 3.73. The van der Waals surface area contributed by atoms with E-state index in [1.54, 1.807) is 0 Å². The molecule has 0 bridgehead atoms. The summed E-state index contributed by atoms with van der Waals surface area (Å²) in [4.78, 5) is 2.27. The molecule has 1 unspecified atom stereocenters. The number of benzene rings is 1. The number of furan rings is 1. The van der Waals surface area contributed by atoms with Gasteiger partial charge in [0.25, 0.3) is 0 Å². The fraction of sp³-hybridized carbons (Fsp3) is 0.444. The Bertz CT molecular complexity index is 545. The lowest BCUT2D eigenvalue weighted by Crippen LogP contribution is -2.17. The smallest absolute Gasteiger partial charge is 0.118 e. The molecule has 0 aliphatic rings. The van der Waals surface area contributed by atoms with E-state index in [0.717, 1.165) is 31.2 Å². The molecule has 1 heterocycles. The van der Waals surface area contributed by atoms with Gasteiger partial charge in [-0.05, 0) is 50.2 Å². The van der Waals surface area contributed by atoms with Crippen LogP contribution in [0, 0.1) is 6.92 Å². The van der Waals surface area contributed by atoms with Crippen molar-refractivity contribution in [3.63, 3.8) is 0 Å². The molecule has 3 nitrogen and oxygen atoms in total. The molecule has 0 fully saturated rings. The van der Waals surface area contributed by atoms with Crippen molar-refractivity contribution in [2.45, 2.75) is 32.9 Å². The van der Waals surface area contributed by atoms with Gasteiger partial charge in [0.15, 0.2) is 0 Å². The highest BCUT2D eigenvalue weighted by molar-refractivity contribution is 5.25. The molecule has 0 amide bonds. The number of rotatable bonds is 7. The molecular formula is C18H26N2O. The Labute approximate surface area is 128 Å². The van der Waals surface area contributed by atoms with E-state index >= 15 is 0 Å². The van der Waals surface area contributed by atoms with Gasteiger partial charge in [-0.15, -0.1) is 0 Å². The third-order valence-corrected chi connectivity index (χ3v) is 3.73. The molecule has 1 atom stereocenters. The lowest BCUT2D eigenvalue weighted by molar-refractivity contribution is 0.285. The van der Waals surface area contributed by atoms with Gasteiger partial charge in [0.1, 0.15) is 11.5 Å². The number of nitrogens with zero attached hydrogens (tertiary/aromatic N) is 1. The number of likely N-dealkylation sites (N-methyl/N-ethyl adjacent to an activating group) is 1. The lowest BCUT2D eigenvalue weighted by atomic mass is 10.00. The van der Waals surface area contributed by atoms with Crippen LogP contribution < -0.4 is 5.32 Å². The molecule has 0 aliphatic heterocycles. The molecule has 1 aromatic carbocycles. The average molecular weight is 286 g/mol. The average Bonchev–Trinajstić information content (AvgIpc) is 2.85. The van der Waals surface area contributed by atoms with Crippen LogP contribution in [0.25, 0.3) is 0 Å². The second kappa shape index (κ2) is 7.43. The topological polar surface area (TPSA) is 28.4 Å². The summed E-state index contributed by atoms with van der Waals surface area (Å²) in [5.74, 6) is 2.54. The van der Waals surface area contributed by atoms with Gasteiger partial charge in [-0.25, -0.2) is 0 Å². The summed E-state index contributed by atoms with van der Waals surface area (Å²) in [5.41, 5.74) is 2.72. The number of nitrogens with one attached hydrogen (secondary N) is 1. The van der Waals surface area contributed by atoms with E-state index in [-0.39, 0.29) is 0 Å². The summed E-state index contributed by atoms with van der Waals surface area (Å²) in [6, 6.07) is 13.0. The van der Waals surface area contributed by atoms with Crippen molar-refractivity contribution in [1.82, 2.24) is 10.2 Å². The van der Waals surface area contributed by atoms with Gasteiger partial charge in [0.2, 0.25) is 0 Å². The predicted molar refractivity (Wildman–Crippen MR) is 87.4 cm³/mol. The molecule has 114 valence electrons. The Balaban J connectivity index is 1.90. The van der Waals surface area contributed by atoms with Crippen LogP contribution in [-0.2, 0) is 13.1 Å². The van der Waals surface area contributed by atoms with Crippen LogP contribution in [0.3, 0.4) is 0 Å². The van der Waals surface area contributed by atoms with E-state index in [9.17, 15) is 0 Å². The van der Waals surface area contributed by atoms with Gasteiger partial charge in [0.05, 0.1) is 6.54 Å². The first-order valence-corrected chi connectivity index (χ1v) is 7.55. The first-order valence-electron chi connectivity index (χ1n) is 7.55. The summed E-state index contributed by atoms with van der Waals surface area (Å²) in [7, 11) is 4.12. The van der Waals surface area contributed by atoms with Crippen molar-refractivity contribution in [2.24, 2.45) is 0 Å². The van der Waals surface area contributed by atoms with Gasteiger partial charge in [-0.2, -0.15) is 0 Å². The van der Waals surface area contributed by atoms with Crippen LogP contribution in [0.5, 0.6) is 0 Å². The fourth-order valence-electron chi connectivity index (χ4n) is 2.58. The van der Waals surface area contributed by atoms with Crippen LogP contribution >= 0.6 is 0 Å². The van der Waals surface area contributed by atoms with E-state index in [2.05, 4.69) is 48.5 Å². The molecule has 0 saturated carbocycles.